The molecular formula is C16H18N2O2. The molecule has 0 fully saturated rings. The zero-order valence-electron chi connectivity index (χ0n) is 11.3. The Labute approximate surface area is 118 Å². The largest absolute Gasteiger partial charge is 0.491 e. The minimum Gasteiger partial charge on any atom is -0.491 e. The number of hydrogen-bond donors (Lipinski definition) is 1. The average molecular weight is 270 g/mol. The first kappa shape index (κ1) is 13.9. The van der Waals surface area contributed by atoms with Crippen molar-refractivity contribution in [2.45, 2.75) is 13.0 Å². The van der Waals surface area contributed by atoms with Gasteiger partial charge in [0.15, 0.2) is 0 Å². The van der Waals surface area contributed by atoms with E-state index in [1.807, 2.05) is 24.3 Å². The summed E-state index contributed by atoms with van der Waals surface area (Å²) in [4.78, 5) is 11.6. The van der Waals surface area contributed by atoms with Crippen molar-refractivity contribution >= 4 is 5.69 Å². The van der Waals surface area contributed by atoms with Crippen LogP contribution in [0.4, 0.5) is 5.69 Å². The molecule has 2 rings (SSSR count). The number of pyridine rings is 1. The summed E-state index contributed by atoms with van der Waals surface area (Å²) >= 11 is 0. The summed E-state index contributed by atoms with van der Waals surface area (Å²) in [7, 11) is 0. The molecule has 2 N–H and O–H groups in total. The number of ether oxygens (including phenoxy) is 1. The topological polar surface area (TPSA) is 57.2 Å². The van der Waals surface area contributed by atoms with Crippen molar-refractivity contribution < 1.29 is 4.74 Å². The molecule has 0 amide bonds. The van der Waals surface area contributed by atoms with E-state index >= 15 is 0 Å². The highest BCUT2D eigenvalue weighted by molar-refractivity contribution is 5.48. The van der Waals surface area contributed by atoms with Gasteiger partial charge in [0, 0.05) is 18.0 Å². The van der Waals surface area contributed by atoms with E-state index in [-0.39, 0.29) is 5.56 Å². The standard InChI is InChI=1S/C16H18N2O2/c1-2-5-13-12-14(17)7-8-15(13)20-11-10-18-9-4-3-6-16(18)19/h2-4,6-9,12H,1,5,10-11,17H2. The van der Waals surface area contributed by atoms with Gasteiger partial charge < -0.3 is 15.0 Å². The normalized spacial score (nSPS) is 10.2. The van der Waals surface area contributed by atoms with Crippen molar-refractivity contribution in [2.24, 2.45) is 0 Å². The molecule has 0 aliphatic carbocycles. The molecule has 1 aromatic heterocycles. The molecule has 0 saturated heterocycles. The number of nitrogen functional groups attached to an aromatic ring is 1. The van der Waals surface area contributed by atoms with Crippen molar-refractivity contribution in [3.63, 3.8) is 0 Å². The van der Waals surface area contributed by atoms with Crippen LogP contribution < -0.4 is 16.0 Å². The molecule has 0 aliphatic rings. The molecule has 4 heteroatoms. The lowest BCUT2D eigenvalue weighted by Crippen LogP contribution is -2.21. The fourth-order valence-electron chi connectivity index (χ4n) is 1.95. The Bertz CT molecular complexity index is 647. The highest BCUT2D eigenvalue weighted by atomic mass is 16.5. The molecule has 0 saturated carbocycles. The minimum absolute atomic E-state index is 0.0280. The Morgan fingerprint density at radius 1 is 1.30 bits per heavy atom. The number of allylic oxidation sites excluding steroid dienone is 1. The highest BCUT2D eigenvalue weighted by Crippen LogP contribution is 2.22. The maximum absolute atomic E-state index is 11.6. The van der Waals surface area contributed by atoms with Crippen molar-refractivity contribution in [1.82, 2.24) is 4.57 Å². The first-order valence-electron chi connectivity index (χ1n) is 6.48. The van der Waals surface area contributed by atoms with Crippen LogP contribution in [0, 0.1) is 0 Å². The number of benzene rings is 1. The highest BCUT2D eigenvalue weighted by Gasteiger charge is 2.03. The maximum atomic E-state index is 11.6. The van der Waals surface area contributed by atoms with Crippen molar-refractivity contribution in [1.29, 1.82) is 0 Å². The third-order valence-corrected chi connectivity index (χ3v) is 2.94. The average Bonchev–Trinajstić information content (AvgIpc) is 2.43. The first-order chi connectivity index (χ1) is 9.70. The van der Waals surface area contributed by atoms with Gasteiger partial charge in [0.05, 0.1) is 6.54 Å². The van der Waals surface area contributed by atoms with Gasteiger partial charge in [0.25, 0.3) is 5.56 Å². The second-order valence-corrected chi connectivity index (χ2v) is 4.44. The molecule has 1 heterocycles. The van der Waals surface area contributed by atoms with Crippen LogP contribution in [-0.4, -0.2) is 11.2 Å². The summed E-state index contributed by atoms with van der Waals surface area (Å²) in [5.74, 6) is 0.781. The molecule has 0 spiro atoms. The Morgan fingerprint density at radius 2 is 2.15 bits per heavy atom. The smallest absolute Gasteiger partial charge is 0.250 e. The number of rotatable bonds is 6. The maximum Gasteiger partial charge on any atom is 0.250 e. The van der Waals surface area contributed by atoms with E-state index in [4.69, 9.17) is 10.5 Å². The van der Waals surface area contributed by atoms with E-state index in [1.54, 1.807) is 22.9 Å². The van der Waals surface area contributed by atoms with E-state index in [1.165, 1.54) is 6.07 Å². The van der Waals surface area contributed by atoms with E-state index < -0.39 is 0 Å². The number of nitrogens with zero attached hydrogens (tertiary/aromatic N) is 1. The zero-order valence-corrected chi connectivity index (χ0v) is 11.3. The lowest BCUT2D eigenvalue weighted by atomic mass is 10.1. The van der Waals surface area contributed by atoms with Gasteiger partial charge in [-0.05, 0) is 36.2 Å². The van der Waals surface area contributed by atoms with E-state index in [0.29, 0.717) is 25.3 Å². The molecule has 2 aromatic rings. The fourth-order valence-corrected chi connectivity index (χ4v) is 1.95. The quantitative estimate of drug-likeness (QED) is 0.647. The van der Waals surface area contributed by atoms with Crippen LogP contribution in [0.3, 0.4) is 0 Å². The third-order valence-electron chi connectivity index (χ3n) is 2.94. The molecule has 1 aromatic carbocycles. The lowest BCUT2D eigenvalue weighted by Gasteiger charge is -2.12. The van der Waals surface area contributed by atoms with Gasteiger partial charge in [-0.1, -0.05) is 12.1 Å². The minimum atomic E-state index is -0.0280. The number of nitrogens with two attached hydrogens (primary N) is 1. The van der Waals surface area contributed by atoms with Gasteiger partial charge in [0.1, 0.15) is 12.4 Å². The predicted molar refractivity (Wildman–Crippen MR) is 81.0 cm³/mol. The summed E-state index contributed by atoms with van der Waals surface area (Å²) in [5, 5.41) is 0. The second kappa shape index (κ2) is 6.61. The molecule has 0 atom stereocenters. The fraction of sp³-hybridized carbons (Fsp3) is 0.188. The summed E-state index contributed by atoms with van der Waals surface area (Å²) in [6.07, 6.45) is 4.26. The second-order valence-electron chi connectivity index (χ2n) is 4.44. The van der Waals surface area contributed by atoms with E-state index in [9.17, 15) is 4.79 Å². The molecular weight excluding hydrogens is 252 g/mol. The van der Waals surface area contributed by atoms with Gasteiger partial charge in [0.2, 0.25) is 0 Å². The number of aromatic nitrogens is 1. The molecule has 104 valence electrons. The van der Waals surface area contributed by atoms with Crippen molar-refractivity contribution in [3.05, 3.63) is 71.2 Å². The van der Waals surface area contributed by atoms with Crippen molar-refractivity contribution in [2.75, 3.05) is 12.3 Å². The number of anilines is 1. The Hall–Kier alpha value is -2.49. The molecule has 0 aliphatic heterocycles. The van der Waals surface area contributed by atoms with E-state index in [0.717, 1.165) is 11.3 Å². The summed E-state index contributed by atoms with van der Waals surface area (Å²) in [5.41, 5.74) is 7.44. The number of hydrogen-bond acceptors (Lipinski definition) is 3. The molecule has 20 heavy (non-hydrogen) atoms. The van der Waals surface area contributed by atoms with Crippen LogP contribution in [-0.2, 0) is 13.0 Å². The summed E-state index contributed by atoms with van der Waals surface area (Å²) < 4.78 is 7.36. The Morgan fingerprint density at radius 3 is 2.90 bits per heavy atom. The van der Waals surface area contributed by atoms with Crippen LogP contribution in [0.2, 0.25) is 0 Å². The van der Waals surface area contributed by atoms with Crippen LogP contribution in [0.25, 0.3) is 0 Å². The van der Waals surface area contributed by atoms with Gasteiger partial charge in [-0.2, -0.15) is 0 Å². The van der Waals surface area contributed by atoms with Gasteiger partial charge in [-0.3, -0.25) is 4.79 Å². The van der Waals surface area contributed by atoms with Crippen molar-refractivity contribution in [3.8, 4) is 5.75 Å². The van der Waals surface area contributed by atoms with Crippen LogP contribution in [0.15, 0.2) is 60.0 Å². The molecule has 4 nitrogen and oxygen atoms in total. The zero-order chi connectivity index (χ0) is 14.4. The molecule has 0 bridgehead atoms. The first-order valence-corrected chi connectivity index (χ1v) is 6.48. The van der Waals surface area contributed by atoms with Gasteiger partial charge >= 0.3 is 0 Å². The van der Waals surface area contributed by atoms with Crippen LogP contribution >= 0.6 is 0 Å². The summed E-state index contributed by atoms with van der Waals surface area (Å²) in [6, 6.07) is 10.6. The SMILES string of the molecule is C=CCc1cc(N)ccc1OCCn1ccccc1=O. The Balaban J connectivity index is 2.02. The Kier molecular flexibility index (Phi) is 4.60. The van der Waals surface area contributed by atoms with Crippen LogP contribution in [0.5, 0.6) is 5.75 Å². The molecule has 0 radical (unpaired) electrons. The van der Waals surface area contributed by atoms with E-state index in [2.05, 4.69) is 6.58 Å². The summed E-state index contributed by atoms with van der Waals surface area (Å²) in [6.45, 7) is 4.66. The van der Waals surface area contributed by atoms with Gasteiger partial charge in [-0.25, -0.2) is 0 Å². The van der Waals surface area contributed by atoms with Gasteiger partial charge in [-0.15, -0.1) is 6.58 Å². The molecule has 0 unspecified atom stereocenters. The predicted octanol–water partition coefficient (Wildman–Crippen LogP) is 2.24. The van der Waals surface area contributed by atoms with Crippen LogP contribution in [0.1, 0.15) is 5.56 Å². The third kappa shape index (κ3) is 3.51. The lowest BCUT2D eigenvalue weighted by molar-refractivity contribution is 0.294. The monoisotopic (exact) mass is 270 g/mol.